The van der Waals surface area contributed by atoms with Gasteiger partial charge in [0.05, 0.1) is 5.75 Å². The molecule has 1 unspecified atom stereocenters. The Balaban J connectivity index is 1.48. The number of carbonyl (C=O) groups excluding carboxylic acids is 2. The summed E-state index contributed by atoms with van der Waals surface area (Å²) in [5.74, 6) is -0.497. The summed E-state index contributed by atoms with van der Waals surface area (Å²) in [6, 6.07) is 14.5. The maximum atomic E-state index is 13.3. The number of sulfonamides is 1. The fourth-order valence-electron chi connectivity index (χ4n) is 4.59. The van der Waals surface area contributed by atoms with Gasteiger partial charge in [0.25, 0.3) is 0 Å². The van der Waals surface area contributed by atoms with Crippen molar-refractivity contribution in [3.8, 4) is 0 Å². The quantitative estimate of drug-likeness (QED) is 0.673. The molecule has 2 aromatic rings. The van der Waals surface area contributed by atoms with E-state index < -0.39 is 16.1 Å². The molecule has 0 radical (unpaired) electrons. The van der Waals surface area contributed by atoms with Crippen LogP contribution in [0.15, 0.2) is 48.5 Å². The molecular weight excluding hydrogens is 438 g/mol. The van der Waals surface area contributed by atoms with Gasteiger partial charge in [-0.1, -0.05) is 35.9 Å². The van der Waals surface area contributed by atoms with Crippen molar-refractivity contribution in [2.24, 2.45) is 0 Å². The highest BCUT2D eigenvalue weighted by Crippen LogP contribution is 2.32. The van der Waals surface area contributed by atoms with Gasteiger partial charge in [0.1, 0.15) is 6.04 Å². The second-order valence-electron chi connectivity index (χ2n) is 8.83. The molecule has 0 bridgehead atoms. The van der Waals surface area contributed by atoms with Crippen LogP contribution < -0.4 is 10.2 Å². The number of hydrogen-bond acceptors (Lipinski definition) is 4. The fraction of sp³-hybridized carbons (Fsp3) is 0.440. The second kappa shape index (κ2) is 10.1. The van der Waals surface area contributed by atoms with Gasteiger partial charge in [-0.2, -0.15) is 0 Å². The Hall–Kier alpha value is -2.71. The van der Waals surface area contributed by atoms with Crippen molar-refractivity contribution in [2.75, 3.05) is 29.1 Å². The smallest absolute Gasteiger partial charge is 0.247 e. The van der Waals surface area contributed by atoms with E-state index in [-0.39, 0.29) is 30.4 Å². The van der Waals surface area contributed by atoms with E-state index in [2.05, 4.69) is 5.32 Å². The van der Waals surface area contributed by atoms with Gasteiger partial charge < -0.3 is 5.32 Å². The summed E-state index contributed by atoms with van der Waals surface area (Å²) in [5, 5.41) is 2.94. The first-order chi connectivity index (χ1) is 15.8. The predicted octanol–water partition coefficient (Wildman–Crippen LogP) is 3.49. The van der Waals surface area contributed by atoms with Crippen molar-refractivity contribution < 1.29 is 18.0 Å². The third-order valence-electron chi connectivity index (χ3n) is 6.39. The van der Waals surface area contributed by atoms with Crippen molar-refractivity contribution >= 4 is 33.2 Å². The average Bonchev–Trinajstić information content (AvgIpc) is 3.36. The van der Waals surface area contributed by atoms with Crippen LogP contribution in [0.2, 0.25) is 0 Å². The first-order valence-corrected chi connectivity index (χ1v) is 13.2. The number of anilines is 2. The number of rotatable bonds is 7. The Morgan fingerprint density at radius 2 is 1.73 bits per heavy atom. The molecule has 33 heavy (non-hydrogen) atoms. The lowest BCUT2D eigenvalue weighted by Crippen LogP contribution is -2.50. The Labute approximate surface area is 195 Å². The van der Waals surface area contributed by atoms with Crippen molar-refractivity contribution in [2.45, 2.75) is 51.5 Å². The maximum Gasteiger partial charge on any atom is 0.247 e. The fourth-order valence-corrected chi connectivity index (χ4v) is 6.17. The van der Waals surface area contributed by atoms with Crippen LogP contribution in [-0.2, 0) is 26.0 Å². The lowest BCUT2D eigenvalue weighted by atomic mass is 9.94. The Morgan fingerprint density at radius 1 is 1.03 bits per heavy atom. The van der Waals surface area contributed by atoms with Gasteiger partial charge in [0, 0.05) is 30.9 Å². The molecule has 2 amide bonds. The molecular formula is C25H31N3O4S. The summed E-state index contributed by atoms with van der Waals surface area (Å²) in [7, 11) is -3.34. The normalized spacial score (nSPS) is 18.7. The van der Waals surface area contributed by atoms with Gasteiger partial charge in [-0.05, 0) is 62.8 Å². The Morgan fingerprint density at radius 3 is 2.45 bits per heavy atom. The lowest BCUT2D eigenvalue weighted by Gasteiger charge is -2.36. The Bertz CT molecular complexity index is 1110. The van der Waals surface area contributed by atoms with E-state index in [9.17, 15) is 18.0 Å². The van der Waals surface area contributed by atoms with Crippen LogP contribution >= 0.6 is 0 Å². The summed E-state index contributed by atoms with van der Waals surface area (Å²) >= 11 is 0. The zero-order valence-electron chi connectivity index (χ0n) is 19.0. The highest BCUT2D eigenvalue weighted by molar-refractivity contribution is 7.89. The molecule has 176 valence electrons. The lowest BCUT2D eigenvalue weighted by molar-refractivity contribution is -0.124. The summed E-state index contributed by atoms with van der Waals surface area (Å²) in [4.78, 5) is 28.1. The number of nitrogens with zero attached hydrogens (tertiary/aromatic N) is 2. The summed E-state index contributed by atoms with van der Waals surface area (Å²) in [6.07, 6.45) is 3.32. The molecule has 1 saturated heterocycles. The van der Waals surface area contributed by atoms with E-state index in [4.69, 9.17) is 0 Å². The number of benzene rings is 2. The van der Waals surface area contributed by atoms with Crippen LogP contribution in [0, 0.1) is 6.92 Å². The minimum atomic E-state index is -3.34. The molecule has 1 N–H and O–H groups in total. The number of aryl methyl sites for hydroxylation is 2. The number of nitrogens with one attached hydrogen (secondary N) is 1. The van der Waals surface area contributed by atoms with Crippen LogP contribution in [0.3, 0.4) is 0 Å². The van der Waals surface area contributed by atoms with Crippen molar-refractivity contribution in [1.82, 2.24) is 4.31 Å². The van der Waals surface area contributed by atoms with Crippen molar-refractivity contribution in [3.63, 3.8) is 0 Å². The zero-order chi connectivity index (χ0) is 23.4. The van der Waals surface area contributed by atoms with E-state index in [1.807, 2.05) is 55.5 Å². The van der Waals surface area contributed by atoms with Gasteiger partial charge in [-0.25, -0.2) is 12.7 Å². The van der Waals surface area contributed by atoms with Gasteiger partial charge in [0.2, 0.25) is 21.8 Å². The van der Waals surface area contributed by atoms with Crippen LogP contribution in [0.1, 0.15) is 43.2 Å². The molecule has 8 heteroatoms. The summed E-state index contributed by atoms with van der Waals surface area (Å²) in [6.45, 7) is 3.11. The van der Waals surface area contributed by atoms with Gasteiger partial charge in [-0.3, -0.25) is 14.5 Å². The van der Waals surface area contributed by atoms with Crippen LogP contribution in [0.25, 0.3) is 0 Å². The molecule has 2 aliphatic rings. The molecule has 2 aromatic carbocycles. The van der Waals surface area contributed by atoms with E-state index in [0.29, 0.717) is 31.6 Å². The number of hydrogen-bond donors (Lipinski definition) is 1. The second-order valence-corrected chi connectivity index (χ2v) is 10.9. The first kappa shape index (κ1) is 23.4. The van der Waals surface area contributed by atoms with E-state index >= 15 is 0 Å². The summed E-state index contributed by atoms with van der Waals surface area (Å²) in [5.41, 5.74) is 3.55. The molecule has 0 aliphatic carbocycles. The van der Waals surface area contributed by atoms with Crippen molar-refractivity contribution in [3.05, 3.63) is 59.7 Å². The topological polar surface area (TPSA) is 86.8 Å². The minimum absolute atomic E-state index is 0.0472. The third-order valence-corrected chi connectivity index (χ3v) is 8.35. The number of carbonyl (C=O) groups is 2. The van der Waals surface area contributed by atoms with Gasteiger partial charge in [0.15, 0.2) is 0 Å². The monoisotopic (exact) mass is 469 g/mol. The molecule has 1 fully saturated rings. The highest BCUT2D eigenvalue weighted by atomic mass is 32.2. The number of amides is 2. The zero-order valence-corrected chi connectivity index (χ0v) is 19.8. The van der Waals surface area contributed by atoms with E-state index in [1.165, 1.54) is 4.31 Å². The summed E-state index contributed by atoms with van der Waals surface area (Å²) < 4.78 is 26.6. The molecule has 2 aliphatic heterocycles. The number of fused-ring (bicyclic) bond motifs is 1. The molecule has 0 saturated carbocycles. The van der Waals surface area contributed by atoms with E-state index in [0.717, 1.165) is 29.7 Å². The van der Waals surface area contributed by atoms with Crippen LogP contribution in [0.5, 0.6) is 0 Å². The molecule has 0 aromatic heterocycles. The molecule has 0 spiro atoms. The molecule has 2 heterocycles. The Kier molecular flexibility index (Phi) is 7.14. The van der Waals surface area contributed by atoms with Crippen LogP contribution in [-0.4, -0.2) is 49.4 Å². The molecule has 4 rings (SSSR count). The van der Waals surface area contributed by atoms with Gasteiger partial charge >= 0.3 is 0 Å². The SMILES string of the molecule is Cc1ccc(NC(=O)C2CCc3ccccc3N2C(=O)CCCS(=O)(=O)N2CCCC2)cc1. The largest absolute Gasteiger partial charge is 0.324 e. The highest BCUT2D eigenvalue weighted by Gasteiger charge is 2.35. The minimum Gasteiger partial charge on any atom is -0.324 e. The first-order valence-electron chi connectivity index (χ1n) is 11.6. The third kappa shape index (κ3) is 5.45. The molecule has 1 atom stereocenters. The van der Waals surface area contributed by atoms with E-state index in [1.54, 1.807) is 4.90 Å². The van der Waals surface area contributed by atoms with Crippen LogP contribution in [0.4, 0.5) is 11.4 Å². The van der Waals surface area contributed by atoms with Gasteiger partial charge in [-0.15, -0.1) is 0 Å². The average molecular weight is 470 g/mol. The predicted molar refractivity (Wildman–Crippen MR) is 130 cm³/mol. The number of para-hydroxylation sites is 1. The standard InChI is InChI=1S/C25H31N3O4S/c1-19-10-13-21(14-11-19)26-25(30)23-15-12-20-7-2-3-8-22(20)28(23)24(29)9-6-18-33(31,32)27-16-4-5-17-27/h2-3,7-8,10-11,13-14,23H,4-6,9,12,15-18H2,1H3,(H,26,30). The van der Waals surface area contributed by atoms with Crippen molar-refractivity contribution in [1.29, 1.82) is 0 Å². The maximum absolute atomic E-state index is 13.3. The molecule has 7 nitrogen and oxygen atoms in total.